The largest absolute Gasteiger partial charge is 0.419 e. The van der Waals surface area contributed by atoms with E-state index in [4.69, 9.17) is 0 Å². The standard InChI is InChI=1S/C19H17F3N4O/c1-25-17(24-14-8-3-2-6-12(14)18(25)27)15-9-5-11-26(15)16-13(19(20,21)22)7-4-10-23-16/h2-4,6-8,10,15H,5,9,11H2,1H3. The quantitative estimate of drug-likeness (QED) is 0.687. The highest BCUT2D eigenvalue weighted by atomic mass is 19.4. The average molecular weight is 374 g/mol. The van der Waals surface area contributed by atoms with Gasteiger partial charge >= 0.3 is 6.18 Å². The van der Waals surface area contributed by atoms with Gasteiger partial charge in [-0.3, -0.25) is 9.36 Å². The number of fused-ring (bicyclic) bond motifs is 1. The summed E-state index contributed by atoms with van der Waals surface area (Å²) in [5.74, 6) is 0.338. The molecular weight excluding hydrogens is 357 g/mol. The van der Waals surface area contributed by atoms with Gasteiger partial charge < -0.3 is 4.90 Å². The Balaban J connectivity index is 1.86. The van der Waals surface area contributed by atoms with Gasteiger partial charge in [-0.1, -0.05) is 12.1 Å². The van der Waals surface area contributed by atoms with Crippen LogP contribution in [-0.2, 0) is 13.2 Å². The Morgan fingerprint density at radius 3 is 2.70 bits per heavy atom. The van der Waals surface area contributed by atoms with Gasteiger partial charge in [0.25, 0.3) is 5.56 Å². The van der Waals surface area contributed by atoms with Crippen LogP contribution in [0.15, 0.2) is 47.4 Å². The number of halogens is 3. The SMILES string of the molecule is Cn1c(C2CCCN2c2ncccc2C(F)(F)F)nc2ccccc2c1=O. The number of benzene rings is 1. The number of anilines is 1. The van der Waals surface area contributed by atoms with Gasteiger partial charge in [0.15, 0.2) is 0 Å². The number of aromatic nitrogens is 3. The van der Waals surface area contributed by atoms with Gasteiger partial charge in [0, 0.05) is 19.8 Å². The van der Waals surface area contributed by atoms with Gasteiger partial charge in [-0.25, -0.2) is 9.97 Å². The number of alkyl halides is 3. The highest BCUT2D eigenvalue weighted by Crippen LogP contribution is 2.41. The van der Waals surface area contributed by atoms with E-state index in [2.05, 4.69) is 9.97 Å². The van der Waals surface area contributed by atoms with Crippen LogP contribution in [0.3, 0.4) is 0 Å². The fraction of sp³-hybridized carbons (Fsp3) is 0.316. The Bertz CT molecular complexity index is 1060. The lowest BCUT2D eigenvalue weighted by Gasteiger charge is -2.28. The molecule has 0 aliphatic carbocycles. The number of hydrogen-bond acceptors (Lipinski definition) is 4. The first-order valence-electron chi connectivity index (χ1n) is 8.62. The number of nitrogens with zero attached hydrogens (tertiary/aromatic N) is 4. The molecule has 1 atom stereocenters. The zero-order valence-electron chi connectivity index (χ0n) is 14.6. The summed E-state index contributed by atoms with van der Waals surface area (Å²) >= 11 is 0. The van der Waals surface area contributed by atoms with Crippen LogP contribution < -0.4 is 10.5 Å². The molecule has 3 aromatic rings. The summed E-state index contributed by atoms with van der Waals surface area (Å²) in [5, 5.41) is 0.488. The molecule has 1 fully saturated rings. The third-order valence-electron chi connectivity index (χ3n) is 4.93. The summed E-state index contributed by atoms with van der Waals surface area (Å²) in [6, 6.07) is 8.85. The Hall–Kier alpha value is -2.90. The number of para-hydroxylation sites is 1. The fourth-order valence-electron chi connectivity index (χ4n) is 3.67. The Morgan fingerprint density at radius 2 is 1.93 bits per heavy atom. The van der Waals surface area contributed by atoms with Crippen LogP contribution in [0.5, 0.6) is 0 Å². The van der Waals surface area contributed by atoms with E-state index in [0.29, 0.717) is 36.1 Å². The molecule has 0 radical (unpaired) electrons. The van der Waals surface area contributed by atoms with Gasteiger partial charge in [0.2, 0.25) is 0 Å². The molecule has 4 rings (SSSR count). The third-order valence-corrected chi connectivity index (χ3v) is 4.93. The molecule has 1 aromatic carbocycles. The molecule has 3 heterocycles. The lowest BCUT2D eigenvalue weighted by molar-refractivity contribution is -0.137. The van der Waals surface area contributed by atoms with Crippen LogP contribution in [0.4, 0.5) is 19.0 Å². The third kappa shape index (κ3) is 2.94. The number of hydrogen-bond donors (Lipinski definition) is 0. The predicted octanol–water partition coefficient (Wildman–Crippen LogP) is 3.69. The zero-order valence-corrected chi connectivity index (χ0v) is 14.6. The maximum atomic E-state index is 13.4. The van der Waals surface area contributed by atoms with Crippen molar-refractivity contribution in [3.8, 4) is 0 Å². The summed E-state index contributed by atoms with van der Waals surface area (Å²) in [4.78, 5) is 22.9. The van der Waals surface area contributed by atoms with Gasteiger partial charge in [0.05, 0.1) is 22.5 Å². The summed E-state index contributed by atoms with van der Waals surface area (Å²) < 4.78 is 41.8. The lowest BCUT2D eigenvalue weighted by atomic mass is 10.1. The molecule has 1 aliphatic rings. The second-order valence-electron chi connectivity index (χ2n) is 6.58. The van der Waals surface area contributed by atoms with Gasteiger partial charge in [0.1, 0.15) is 11.6 Å². The summed E-state index contributed by atoms with van der Waals surface area (Å²) in [5.41, 5.74) is -0.443. The second-order valence-corrected chi connectivity index (χ2v) is 6.58. The molecule has 0 spiro atoms. The maximum Gasteiger partial charge on any atom is 0.419 e. The van der Waals surface area contributed by atoms with Crippen LogP contribution in [0.2, 0.25) is 0 Å². The van der Waals surface area contributed by atoms with Crippen molar-refractivity contribution in [3.63, 3.8) is 0 Å². The average Bonchev–Trinajstić information content (AvgIpc) is 3.13. The molecule has 0 bridgehead atoms. The topological polar surface area (TPSA) is 51.0 Å². The van der Waals surface area contributed by atoms with Crippen molar-refractivity contribution >= 4 is 16.7 Å². The first-order valence-corrected chi connectivity index (χ1v) is 8.62. The van der Waals surface area contributed by atoms with Crippen LogP contribution in [0, 0.1) is 0 Å². The first kappa shape index (κ1) is 17.5. The Kier molecular flexibility index (Phi) is 4.13. The Morgan fingerprint density at radius 1 is 1.15 bits per heavy atom. The molecule has 2 aromatic heterocycles. The van der Waals surface area contributed by atoms with E-state index in [1.807, 2.05) is 0 Å². The van der Waals surface area contributed by atoms with Crippen molar-refractivity contribution < 1.29 is 13.2 Å². The predicted molar refractivity (Wildman–Crippen MR) is 95.5 cm³/mol. The fourth-order valence-corrected chi connectivity index (χ4v) is 3.67. The van der Waals surface area contributed by atoms with Crippen molar-refractivity contribution in [1.29, 1.82) is 0 Å². The Labute approximate surface area is 153 Å². The normalized spacial score (nSPS) is 17.6. The summed E-state index contributed by atoms with van der Waals surface area (Å²) in [6.07, 6.45) is -1.85. The van der Waals surface area contributed by atoms with Crippen LogP contribution >= 0.6 is 0 Å². The van der Waals surface area contributed by atoms with Crippen LogP contribution in [-0.4, -0.2) is 21.1 Å². The number of pyridine rings is 1. The van der Waals surface area contributed by atoms with Crippen LogP contribution in [0.1, 0.15) is 30.3 Å². The molecule has 0 N–H and O–H groups in total. The van der Waals surface area contributed by atoms with E-state index in [-0.39, 0.29) is 11.4 Å². The van der Waals surface area contributed by atoms with E-state index in [1.54, 1.807) is 36.2 Å². The molecule has 8 heteroatoms. The highest BCUT2D eigenvalue weighted by molar-refractivity contribution is 5.77. The van der Waals surface area contributed by atoms with Crippen molar-refractivity contribution in [2.75, 3.05) is 11.4 Å². The van der Waals surface area contributed by atoms with E-state index in [1.165, 1.54) is 16.8 Å². The molecule has 27 heavy (non-hydrogen) atoms. The van der Waals surface area contributed by atoms with Crippen molar-refractivity contribution in [2.45, 2.75) is 25.1 Å². The number of rotatable bonds is 2. The minimum absolute atomic E-state index is 0.116. The van der Waals surface area contributed by atoms with Crippen LogP contribution in [0.25, 0.3) is 10.9 Å². The first-order chi connectivity index (χ1) is 12.9. The molecule has 1 unspecified atom stereocenters. The zero-order chi connectivity index (χ0) is 19.2. The van der Waals surface area contributed by atoms with E-state index in [9.17, 15) is 18.0 Å². The van der Waals surface area contributed by atoms with Crippen molar-refractivity contribution in [3.05, 3.63) is 64.3 Å². The lowest BCUT2D eigenvalue weighted by Crippen LogP contribution is -2.32. The second kappa shape index (κ2) is 6.37. The van der Waals surface area contributed by atoms with E-state index < -0.39 is 17.8 Å². The molecule has 140 valence electrons. The summed E-state index contributed by atoms with van der Waals surface area (Å²) in [6.45, 7) is 0.424. The molecule has 0 saturated carbocycles. The van der Waals surface area contributed by atoms with Gasteiger partial charge in [-0.15, -0.1) is 0 Å². The molecule has 1 saturated heterocycles. The highest BCUT2D eigenvalue weighted by Gasteiger charge is 2.39. The minimum atomic E-state index is -4.50. The molecule has 1 aliphatic heterocycles. The van der Waals surface area contributed by atoms with E-state index >= 15 is 0 Å². The maximum absolute atomic E-state index is 13.4. The van der Waals surface area contributed by atoms with Crippen molar-refractivity contribution in [1.82, 2.24) is 14.5 Å². The van der Waals surface area contributed by atoms with Crippen molar-refractivity contribution in [2.24, 2.45) is 7.05 Å². The molecular formula is C19H17F3N4O. The molecule has 5 nitrogen and oxygen atoms in total. The molecule has 0 amide bonds. The van der Waals surface area contributed by atoms with E-state index in [0.717, 1.165) is 6.07 Å². The van der Waals surface area contributed by atoms with Gasteiger partial charge in [-0.2, -0.15) is 13.2 Å². The van der Waals surface area contributed by atoms with Gasteiger partial charge in [-0.05, 0) is 37.1 Å². The minimum Gasteiger partial charge on any atom is -0.346 e. The monoisotopic (exact) mass is 374 g/mol. The summed E-state index contributed by atoms with van der Waals surface area (Å²) in [7, 11) is 1.61. The smallest absolute Gasteiger partial charge is 0.346 e.